The zero-order chi connectivity index (χ0) is 6.57. The van der Waals surface area contributed by atoms with Gasteiger partial charge in [0.15, 0.2) is 0 Å². The van der Waals surface area contributed by atoms with Gasteiger partial charge in [-0.1, -0.05) is 13.3 Å². The fraction of sp³-hybridized carbons (Fsp3) is 0.800. The molecule has 0 aromatic heterocycles. The van der Waals surface area contributed by atoms with Crippen molar-refractivity contribution in [3.8, 4) is 0 Å². The van der Waals surface area contributed by atoms with Crippen molar-refractivity contribution in [2.45, 2.75) is 25.9 Å². The van der Waals surface area contributed by atoms with Gasteiger partial charge >= 0.3 is 29.6 Å². The molecule has 0 bridgehead atoms. The maximum Gasteiger partial charge on any atom is 1.00 e. The first-order valence-corrected chi connectivity index (χ1v) is 2.57. The van der Waals surface area contributed by atoms with E-state index in [1.165, 1.54) is 0 Å². The van der Waals surface area contributed by atoms with Crippen LogP contribution in [-0.2, 0) is 4.79 Å². The van der Waals surface area contributed by atoms with Gasteiger partial charge in [-0.2, -0.15) is 0 Å². The van der Waals surface area contributed by atoms with E-state index in [-0.39, 0.29) is 36.0 Å². The number of rotatable bonds is 3. The summed E-state index contributed by atoms with van der Waals surface area (Å²) in [4.78, 5) is 9.73. The molecule has 1 N–H and O–H groups in total. The molecule has 0 saturated carbocycles. The summed E-state index contributed by atoms with van der Waals surface area (Å²) in [5.41, 5.74) is 0. The summed E-state index contributed by atoms with van der Waals surface area (Å²) in [7, 11) is 0. The van der Waals surface area contributed by atoms with Crippen LogP contribution in [0.3, 0.4) is 0 Å². The standard InChI is InChI=1S/C5H10O3.Na/c1-2-3-4(6)5(7)8;/h4,6H,2-3H2,1H3,(H,7,8);/q;+1/p-1. The van der Waals surface area contributed by atoms with E-state index >= 15 is 0 Å². The van der Waals surface area contributed by atoms with Crippen LogP contribution in [0.2, 0.25) is 0 Å². The van der Waals surface area contributed by atoms with Gasteiger partial charge in [-0.25, -0.2) is 0 Å². The molecule has 0 saturated heterocycles. The van der Waals surface area contributed by atoms with Gasteiger partial charge in [-0.05, 0) is 6.42 Å². The Balaban J connectivity index is 0. The number of hydrogen-bond donors (Lipinski definition) is 1. The summed E-state index contributed by atoms with van der Waals surface area (Å²) >= 11 is 0. The van der Waals surface area contributed by atoms with Crippen molar-refractivity contribution in [1.82, 2.24) is 0 Å². The summed E-state index contributed by atoms with van der Waals surface area (Å²) in [6.07, 6.45) is -0.336. The first-order valence-electron chi connectivity index (χ1n) is 2.57. The normalized spacial score (nSPS) is 11.8. The Hall–Kier alpha value is 0.430. The minimum Gasteiger partial charge on any atom is -0.547 e. The van der Waals surface area contributed by atoms with Crippen molar-refractivity contribution >= 4 is 5.97 Å². The predicted molar refractivity (Wildman–Crippen MR) is 25.9 cm³/mol. The Morgan fingerprint density at radius 3 is 2.33 bits per heavy atom. The molecule has 0 aliphatic carbocycles. The topological polar surface area (TPSA) is 60.4 Å². The zero-order valence-corrected chi connectivity index (χ0v) is 7.76. The first-order chi connectivity index (χ1) is 3.68. The van der Waals surface area contributed by atoms with Crippen molar-refractivity contribution < 1.29 is 44.6 Å². The molecular formula is C5H9NaO3. The molecule has 1 atom stereocenters. The van der Waals surface area contributed by atoms with E-state index in [0.717, 1.165) is 0 Å². The number of hydrogen-bond acceptors (Lipinski definition) is 3. The second-order valence-electron chi connectivity index (χ2n) is 1.62. The van der Waals surface area contributed by atoms with Crippen LogP contribution in [-0.4, -0.2) is 17.2 Å². The molecule has 0 aromatic rings. The fourth-order valence-electron chi connectivity index (χ4n) is 0.391. The number of carboxylic acids is 1. The molecule has 1 unspecified atom stereocenters. The molecule has 0 aliphatic rings. The van der Waals surface area contributed by atoms with E-state index in [1.54, 1.807) is 6.92 Å². The van der Waals surface area contributed by atoms with Crippen molar-refractivity contribution in [1.29, 1.82) is 0 Å². The third kappa shape index (κ3) is 6.31. The molecule has 0 radical (unpaired) electrons. The smallest absolute Gasteiger partial charge is 0.547 e. The van der Waals surface area contributed by atoms with Crippen LogP contribution in [0.25, 0.3) is 0 Å². The first kappa shape index (κ1) is 12.1. The summed E-state index contributed by atoms with van der Waals surface area (Å²) in [6, 6.07) is 0. The van der Waals surface area contributed by atoms with E-state index in [4.69, 9.17) is 5.11 Å². The molecule has 0 aliphatic heterocycles. The Kier molecular flexibility index (Phi) is 8.83. The summed E-state index contributed by atoms with van der Waals surface area (Å²) < 4.78 is 0. The number of aliphatic carboxylic acids is 1. The van der Waals surface area contributed by atoms with E-state index < -0.39 is 12.1 Å². The van der Waals surface area contributed by atoms with Crippen molar-refractivity contribution in [2.24, 2.45) is 0 Å². The maximum atomic E-state index is 9.73. The molecular weight excluding hydrogens is 131 g/mol. The summed E-state index contributed by atoms with van der Waals surface area (Å²) in [5.74, 6) is -1.38. The van der Waals surface area contributed by atoms with Gasteiger partial charge < -0.3 is 15.0 Å². The third-order valence-electron chi connectivity index (χ3n) is 0.834. The Labute approximate surface area is 76.4 Å². The number of carbonyl (C=O) groups is 1. The largest absolute Gasteiger partial charge is 1.00 e. The van der Waals surface area contributed by atoms with Crippen LogP contribution in [0.15, 0.2) is 0 Å². The van der Waals surface area contributed by atoms with Crippen molar-refractivity contribution in [3.63, 3.8) is 0 Å². The predicted octanol–water partition coefficient (Wildman–Crippen LogP) is -4.10. The number of aliphatic hydroxyl groups is 1. The van der Waals surface area contributed by atoms with Crippen molar-refractivity contribution in [2.75, 3.05) is 0 Å². The van der Waals surface area contributed by atoms with Gasteiger partial charge in [-0.3, -0.25) is 0 Å². The van der Waals surface area contributed by atoms with Gasteiger partial charge in [0.05, 0.1) is 12.1 Å². The molecule has 0 spiro atoms. The molecule has 9 heavy (non-hydrogen) atoms. The molecule has 48 valence electrons. The van der Waals surface area contributed by atoms with Crippen LogP contribution in [0.5, 0.6) is 0 Å². The average Bonchev–Trinajstić information content (AvgIpc) is 1.67. The molecule has 0 rings (SSSR count). The van der Waals surface area contributed by atoms with Crippen LogP contribution in [0.1, 0.15) is 19.8 Å². The quantitative estimate of drug-likeness (QED) is 0.405. The minimum absolute atomic E-state index is 0. The second kappa shape index (κ2) is 6.55. The second-order valence-corrected chi connectivity index (χ2v) is 1.62. The average molecular weight is 140 g/mol. The number of aliphatic hydroxyl groups excluding tert-OH is 1. The van der Waals surface area contributed by atoms with Crippen molar-refractivity contribution in [3.05, 3.63) is 0 Å². The Morgan fingerprint density at radius 2 is 2.22 bits per heavy atom. The summed E-state index contributed by atoms with van der Waals surface area (Å²) in [6.45, 7) is 1.80. The molecule has 0 aromatic carbocycles. The van der Waals surface area contributed by atoms with E-state index in [9.17, 15) is 9.90 Å². The number of carboxylic acid groups (broad SMARTS) is 1. The van der Waals surface area contributed by atoms with Gasteiger partial charge in [0.2, 0.25) is 0 Å². The van der Waals surface area contributed by atoms with E-state index in [1.807, 2.05) is 0 Å². The third-order valence-corrected chi connectivity index (χ3v) is 0.834. The van der Waals surface area contributed by atoms with Gasteiger partial charge in [0.25, 0.3) is 0 Å². The SMILES string of the molecule is CCCC(O)C(=O)[O-].[Na+]. The monoisotopic (exact) mass is 140 g/mol. The minimum atomic E-state index is -1.38. The van der Waals surface area contributed by atoms with Gasteiger partial charge in [0, 0.05) is 0 Å². The Morgan fingerprint density at radius 1 is 1.78 bits per heavy atom. The van der Waals surface area contributed by atoms with Crippen LogP contribution < -0.4 is 34.7 Å². The summed E-state index contributed by atoms with van der Waals surface area (Å²) in [5, 5.41) is 18.2. The zero-order valence-electron chi connectivity index (χ0n) is 5.76. The van der Waals surface area contributed by atoms with Crippen LogP contribution >= 0.6 is 0 Å². The van der Waals surface area contributed by atoms with Crippen LogP contribution in [0.4, 0.5) is 0 Å². The van der Waals surface area contributed by atoms with Gasteiger partial charge in [0.1, 0.15) is 0 Å². The molecule has 0 heterocycles. The van der Waals surface area contributed by atoms with E-state index in [2.05, 4.69) is 0 Å². The number of carbonyl (C=O) groups excluding carboxylic acids is 1. The van der Waals surface area contributed by atoms with E-state index in [0.29, 0.717) is 6.42 Å². The molecule has 4 heteroatoms. The molecule has 3 nitrogen and oxygen atoms in total. The molecule has 0 fully saturated rings. The Bertz CT molecular complexity index is 84.3. The fourth-order valence-corrected chi connectivity index (χ4v) is 0.391. The van der Waals surface area contributed by atoms with Gasteiger partial charge in [-0.15, -0.1) is 0 Å². The maximum absolute atomic E-state index is 9.73. The van der Waals surface area contributed by atoms with Crippen LogP contribution in [0, 0.1) is 0 Å². The molecule has 0 amide bonds.